The van der Waals surface area contributed by atoms with E-state index in [4.69, 9.17) is 28.4 Å². The van der Waals surface area contributed by atoms with E-state index in [-0.39, 0.29) is 18.6 Å². The summed E-state index contributed by atoms with van der Waals surface area (Å²) in [7, 11) is 6.31. The van der Waals surface area contributed by atoms with Gasteiger partial charge in [-0.25, -0.2) is 0 Å². The third kappa shape index (κ3) is 6.00. The predicted molar refractivity (Wildman–Crippen MR) is 143 cm³/mol. The molecule has 9 heteroatoms. The number of allylic oxidation sites excluding steroid dienone is 1. The molecule has 2 unspecified atom stereocenters. The van der Waals surface area contributed by atoms with Gasteiger partial charge in [0.15, 0.2) is 23.0 Å². The molecule has 2 aromatic carbocycles. The Labute approximate surface area is 224 Å². The third-order valence-electron chi connectivity index (χ3n) is 6.51. The van der Waals surface area contributed by atoms with Gasteiger partial charge in [-0.05, 0) is 61.6 Å². The van der Waals surface area contributed by atoms with Crippen LogP contribution in [0.3, 0.4) is 0 Å². The van der Waals surface area contributed by atoms with Gasteiger partial charge in [0.25, 0.3) is 0 Å². The van der Waals surface area contributed by atoms with Crippen LogP contribution in [0.4, 0.5) is 0 Å². The highest BCUT2D eigenvalue weighted by Crippen LogP contribution is 2.48. The lowest BCUT2D eigenvalue weighted by Gasteiger charge is -2.24. The van der Waals surface area contributed by atoms with Crippen molar-refractivity contribution >= 4 is 11.6 Å². The Balaban J connectivity index is 2.02. The Bertz CT molecular complexity index is 1120. The molecule has 1 aliphatic rings. The fourth-order valence-electron chi connectivity index (χ4n) is 4.60. The third-order valence-corrected chi connectivity index (χ3v) is 6.51. The molecule has 0 radical (unpaired) electrons. The molecule has 208 valence electrons. The number of methoxy groups -OCH3 is 4. The van der Waals surface area contributed by atoms with Gasteiger partial charge in [0.2, 0.25) is 11.7 Å². The van der Waals surface area contributed by atoms with Crippen molar-refractivity contribution in [1.29, 1.82) is 0 Å². The lowest BCUT2D eigenvalue weighted by molar-refractivity contribution is -0.151. The van der Waals surface area contributed by atoms with Crippen LogP contribution in [-0.2, 0) is 9.53 Å². The largest absolute Gasteiger partial charge is 0.493 e. The summed E-state index contributed by atoms with van der Waals surface area (Å²) in [6.07, 6.45) is 3.69. The van der Waals surface area contributed by atoms with Gasteiger partial charge in [-0.15, -0.1) is 0 Å². The van der Waals surface area contributed by atoms with E-state index in [0.717, 1.165) is 30.4 Å². The van der Waals surface area contributed by atoms with Gasteiger partial charge < -0.3 is 28.4 Å². The van der Waals surface area contributed by atoms with E-state index in [9.17, 15) is 10.0 Å². The monoisotopic (exact) mass is 529 g/mol. The highest BCUT2D eigenvalue weighted by atomic mass is 16.5. The fourth-order valence-corrected chi connectivity index (χ4v) is 4.60. The molecule has 0 saturated carbocycles. The van der Waals surface area contributed by atoms with Gasteiger partial charge in [-0.3, -0.25) is 10.0 Å². The number of ether oxygens (including phenoxy) is 6. The fraction of sp³-hybridized carbons (Fsp3) is 0.483. The molecule has 3 rings (SSSR count). The van der Waals surface area contributed by atoms with Crippen molar-refractivity contribution in [2.24, 2.45) is 0 Å². The van der Waals surface area contributed by atoms with Crippen LogP contribution in [-0.4, -0.2) is 51.2 Å². The molecule has 1 aliphatic heterocycles. The van der Waals surface area contributed by atoms with Crippen molar-refractivity contribution in [3.63, 3.8) is 0 Å². The first-order chi connectivity index (χ1) is 18.4. The van der Waals surface area contributed by atoms with Crippen LogP contribution in [0.2, 0.25) is 0 Å². The first kappa shape index (κ1) is 29.1. The minimum absolute atomic E-state index is 0.151. The number of carbonyl (C=O) groups is 1. The summed E-state index contributed by atoms with van der Waals surface area (Å²) in [5.74, 6) is 2.20. The van der Waals surface area contributed by atoms with Crippen LogP contribution in [0.25, 0.3) is 5.70 Å². The van der Waals surface area contributed by atoms with Gasteiger partial charge in [0.1, 0.15) is 0 Å². The first-order valence-corrected chi connectivity index (χ1v) is 12.9. The Kier molecular flexibility index (Phi) is 10.3. The number of hydrogen-bond donors (Lipinski definition) is 1. The Hall–Kier alpha value is -3.43. The Morgan fingerprint density at radius 1 is 0.921 bits per heavy atom. The van der Waals surface area contributed by atoms with Crippen LogP contribution >= 0.6 is 0 Å². The second kappa shape index (κ2) is 13.4. The van der Waals surface area contributed by atoms with Crippen LogP contribution in [0.15, 0.2) is 30.3 Å². The molecular weight excluding hydrogens is 490 g/mol. The Morgan fingerprint density at radius 3 is 1.89 bits per heavy atom. The minimum atomic E-state index is -0.427. The number of amides is 1. The van der Waals surface area contributed by atoms with Crippen molar-refractivity contribution in [3.8, 4) is 28.7 Å². The van der Waals surface area contributed by atoms with E-state index >= 15 is 0 Å². The lowest BCUT2D eigenvalue weighted by atomic mass is 9.99. The molecule has 1 saturated heterocycles. The van der Waals surface area contributed by atoms with Crippen molar-refractivity contribution in [3.05, 3.63) is 47.0 Å². The molecule has 0 spiro atoms. The van der Waals surface area contributed by atoms with Crippen LogP contribution in [0.5, 0.6) is 28.7 Å². The number of rotatable bonds is 12. The normalized spacial score (nSPS) is 17.2. The van der Waals surface area contributed by atoms with Crippen LogP contribution in [0.1, 0.15) is 75.4 Å². The molecule has 0 aliphatic carbocycles. The summed E-state index contributed by atoms with van der Waals surface area (Å²) in [6.45, 7) is 5.92. The highest BCUT2D eigenvalue weighted by molar-refractivity contribution is 5.87. The highest BCUT2D eigenvalue weighted by Gasteiger charge is 2.32. The molecule has 2 atom stereocenters. The molecule has 9 nitrogen and oxygen atoms in total. The molecular formula is C29H39NO8. The van der Waals surface area contributed by atoms with Crippen molar-refractivity contribution in [2.45, 2.75) is 58.7 Å². The zero-order valence-corrected chi connectivity index (χ0v) is 23.3. The van der Waals surface area contributed by atoms with Gasteiger partial charge in [0, 0.05) is 12.0 Å². The average molecular weight is 530 g/mol. The maximum Gasteiger partial charge on any atom is 0.250 e. The molecule has 0 bridgehead atoms. The molecule has 1 N–H and O–H groups in total. The number of benzene rings is 2. The zero-order chi connectivity index (χ0) is 27.8. The summed E-state index contributed by atoms with van der Waals surface area (Å²) < 4.78 is 34.7. The summed E-state index contributed by atoms with van der Waals surface area (Å²) in [5.41, 5.74) is 2.65. The van der Waals surface area contributed by atoms with Gasteiger partial charge in [0.05, 0.1) is 53.0 Å². The lowest BCUT2D eigenvalue weighted by Crippen LogP contribution is -2.25. The minimum Gasteiger partial charge on any atom is -0.493 e. The quantitative estimate of drug-likeness (QED) is 0.261. The number of hydrogen-bond acceptors (Lipinski definition) is 8. The van der Waals surface area contributed by atoms with E-state index in [1.54, 1.807) is 48.4 Å². The van der Waals surface area contributed by atoms with E-state index < -0.39 is 5.91 Å². The topological polar surface area (TPSA) is 95.9 Å². The molecule has 38 heavy (non-hydrogen) atoms. The van der Waals surface area contributed by atoms with Gasteiger partial charge >= 0.3 is 0 Å². The summed E-state index contributed by atoms with van der Waals surface area (Å²) in [6, 6.07) is 7.60. The molecule has 1 fully saturated rings. The zero-order valence-electron chi connectivity index (χ0n) is 23.3. The maximum absolute atomic E-state index is 12.4. The second-order valence-corrected chi connectivity index (χ2v) is 8.83. The van der Waals surface area contributed by atoms with Crippen LogP contribution < -0.4 is 23.7 Å². The number of nitrogens with zero attached hydrogens (tertiary/aromatic N) is 1. The molecule has 0 aromatic heterocycles. The smallest absolute Gasteiger partial charge is 0.250 e. The average Bonchev–Trinajstić information content (AvgIpc) is 3.45. The molecule has 1 heterocycles. The van der Waals surface area contributed by atoms with Crippen LogP contribution in [0, 0.1) is 0 Å². The van der Waals surface area contributed by atoms with Crippen molar-refractivity contribution in [1.82, 2.24) is 5.06 Å². The van der Waals surface area contributed by atoms with E-state index in [1.165, 1.54) is 0 Å². The molecule has 1 amide bonds. The van der Waals surface area contributed by atoms with Crippen molar-refractivity contribution < 1.29 is 38.4 Å². The first-order valence-electron chi connectivity index (χ1n) is 12.9. The number of hydroxylamine groups is 2. The molecule has 2 aromatic rings. The van der Waals surface area contributed by atoms with Gasteiger partial charge in [-0.2, -0.15) is 5.06 Å². The van der Waals surface area contributed by atoms with E-state index in [2.05, 4.69) is 0 Å². The number of carbonyl (C=O) groups excluding carboxylic acids is 1. The standard InChI is InChI=1S/C29H39NO8/c1-8-13-37-28-20(21(9-2)30(32)27(31)10-3)14-18(15-24(28)33-4)22-11-12-23(38-22)19-16-25(34-5)29(36-7)26(17-19)35-6/h9,14-17,22-23,32H,8,10-13H2,1-7H3. The SMILES string of the molecule is CC=C(c1cc(C2CCC(c3cc(OC)c(OC)c(OC)c3)O2)cc(OC)c1OCCC)N(O)C(=O)CC. The van der Waals surface area contributed by atoms with E-state index in [0.29, 0.717) is 51.7 Å². The second-order valence-electron chi connectivity index (χ2n) is 8.83. The van der Waals surface area contributed by atoms with Gasteiger partial charge in [-0.1, -0.05) is 19.9 Å². The maximum atomic E-state index is 12.4. The predicted octanol–water partition coefficient (Wildman–Crippen LogP) is 6.09. The van der Waals surface area contributed by atoms with E-state index in [1.807, 2.05) is 31.2 Å². The summed E-state index contributed by atoms with van der Waals surface area (Å²) in [5, 5.41) is 11.4. The Morgan fingerprint density at radius 2 is 1.45 bits per heavy atom. The summed E-state index contributed by atoms with van der Waals surface area (Å²) in [4.78, 5) is 12.4. The van der Waals surface area contributed by atoms with Crippen molar-refractivity contribution in [2.75, 3.05) is 35.0 Å². The summed E-state index contributed by atoms with van der Waals surface area (Å²) >= 11 is 0.